The van der Waals surface area contributed by atoms with Crippen LogP contribution >= 0.6 is 39.1 Å². The highest BCUT2D eigenvalue weighted by molar-refractivity contribution is 9.10. The third-order valence-corrected chi connectivity index (χ3v) is 7.81. The Kier molecular flexibility index (Phi) is 6.72. The average molecular weight is 594 g/mol. The fourth-order valence-electron chi connectivity index (χ4n) is 5.35. The zero-order valence-electron chi connectivity index (χ0n) is 18.7. The van der Waals surface area contributed by atoms with Gasteiger partial charge in [0, 0.05) is 28.1 Å². The Labute approximate surface area is 224 Å². The van der Waals surface area contributed by atoms with Crippen molar-refractivity contribution in [3.8, 4) is 5.75 Å². The molecule has 36 heavy (non-hydrogen) atoms. The molecule has 0 saturated carbocycles. The summed E-state index contributed by atoms with van der Waals surface area (Å²) in [6, 6.07) is 13.8. The summed E-state index contributed by atoms with van der Waals surface area (Å²) < 4.78 is 21.7. The molecule has 3 N–H and O–H groups in total. The predicted molar refractivity (Wildman–Crippen MR) is 138 cm³/mol. The number of ether oxygens (including phenoxy) is 1. The van der Waals surface area contributed by atoms with Crippen LogP contribution in [0.4, 0.5) is 10.1 Å². The Balaban J connectivity index is 1.83. The highest BCUT2D eigenvalue weighted by Gasteiger charge is 2.62. The van der Waals surface area contributed by atoms with E-state index in [0.29, 0.717) is 26.9 Å². The van der Waals surface area contributed by atoms with Gasteiger partial charge in [-0.1, -0.05) is 41.4 Å². The van der Waals surface area contributed by atoms with Crippen LogP contribution in [0.5, 0.6) is 5.75 Å². The third-order valence-electron chi connectivity index (χ3n) is 6.73. The summed E-state index contributed by atoms with van der Waals surface area (Å²) in [4.78, 5) is 27.2. The lowest BCUT2D eigenvalue weighted by molar-refractivity contribution is -0.131. The minimum atomic E-state index is -1.46. The molecule has 0 aliphatic carbocycles. The van der Waals surface area contributed by atoms with Crippen LogP contribution in [0.1, 0.15) is 35.1 Å². The second-order valence-corrected chi connectivity index (χ2v) is 10.4. The van der Waals surface area contributed by atoms with Crippen LogP contribution in [0.2, 0.25) is 10.0 Å². The van der Waals surface area contributed by atoms with Gasteiger partial charge in [-0.3, -0.25) is 9.59 Å². The van der Waals surface area contributed by atoms with E-state index in [1.165, 1.54) is 12.1 Å². The molecule has 0 bridgehead atoms. The van der Waals surface area contributed by atoms with Crippen LogP contribution in [0.25, 0.3) is 0 Å². The smallest absolute Gasteiger partial charge is 0.238 e. The lowest BCUT2D eigenvalue weighted by Crippen LogP contribution is -2.57. The first-order valence-corrected chi connectivity index (χ1v) is 12.7. The van der Waals surface area contributed by atoms with E-state index in [1.807, 2.05) is 0 Å². The van der Waals surface area contributed by atoms with Crippen LogP contribution in [0, 0.1) is 5.82 Å². The fraction of sp³-hybridized carbons (Fsp3) is 0.231. The Morgan fingerprint density at radius 3 is 2.64 bits per heavy atom. The number of hydrogen-bond acceptors (Lipinski definition) is 4. The largest absolute Gasteiger partial charge is 0.491 e. The van der Waals surface area contributed by atoms with Crippen LogP contribution in [-0.4, -0.2) is 30.1 Å². The lowest BCUT2D eigenvalue weighted by atomic mass is 9.59. The number of fused-ring (bicyclic) bond motifs is 2. The van der Waals surface area contributed by atoms with Gasteiger partial charge in [-0.05, 0) is 63.5 Å². The Bertz CT molecular complexity index is 1390. The molecule has 3 aromatic rings. The number of rotatable bonds is 5. The monoisotopic (exact) mass is 592 g/mol. The van der Waals surface area contributed by atoms with Gasteiger partial charge in [0.2, 0.25) is 11.8 Å². The SMILES string of the molecule is O=C1C[C@@H](c2cccc(Cl)c2)[C@]2(C(=O)Nc3cc(Cl)ccc32)[C@H](c2c(OCCO)ccc(Br)c2F)N1. The highest BCUT2D eigenvalue weighted by atomic mass is 79.9. The van der Waals surface area contributed by atoms with Crippen molar-refractivity contribution in [1.29, 1.82) is 0 Å². The van der Waals surface area contributed by atoms with Crippen LogP contribution < -0.4 is 15.4 Å². The number of hydrogen-bond donors (Lipinski definition) is 3. The minimum absolute atomic E-state index is 0.00384. The van der Waals surface area contributed by atoms with Crippen molar-refractivity contribution in [1.82, 2.24) is 5.32 Å². The van der Waals surface area contributed by atoms with Gasteiger partial charge < -0.3 is 20.5 Å². The number of benzene rings is 3. The van der Waals surface area contributed by atoms with E-state index >= 15 is 4.39 Å². The van der Waals surface area contributed by atoms with E-state index in [9.17, 15) is 14.7 Å². The van der Waals surface area contributed by atoms with Gasteiger partial charge in [-0.25, -0.2) is 4.39 Å². The van der Waals surface area contributed by atoms with Gasteiger partial charge in [-0.15, -0.1) is 0 Å². The molecule has 2 heterocycles. The Morgan fingerprint density at radius 2 is 1.89 bits per heavy atom. The highest BCUT2D eigenvalue weighted by Crippen LogP contribution is 2.59. The molecule has 1 spiro atoms. The quantitative estimate of drug-likeness (QED) is 0.364. The summed E-state index contributed by atoms with van der Waals surface area (Å²) >= 11 is 15.8. The number of carbonyl (C=O) groups excluding carboxylic acids is 2. The van der Waals surface area contributed by atoms with Crippen molar-refractivity contribution in [2.45, 2.75) is 23.8 Å². The van der Waals surface area contributed by atoms with E-state index in [4.69, 9.17) is 27.9 Å². The molecule has 2 aliphatic heterocycles. The topological polar surface area (TPSA) is 87.7 Å². The summed E-state index contributed by atoms with van der Waals surface area (Å²) in [5.74, 6) is -2.05. The zero-order chi connectivity index (χ0) is 25.6. The fourth-order valence-corrected chi connectivity index (χ4v) is 6.06. The van der Waals surface area contributed by atoms with Gasteiger partial charge in [0.15, 0.2) is 0 Å². The van der Waals surface area contributed by atoms with Crippen molar-refractivity contribution in [2.24, 2.45) is 0 Å². The Hall–Kier alpha value is -2.65. The molecule has 2 amide bonds. The summed E-state index contributed by atoms with van der Waals surface area (Å²) in [6.07, 6.45) is -0.0330. The first-order valence-electron chi connectivity index (χ1n) is 11.1. The van der Waals surface area contributed by atoms with Gasteiger partial charge in [0.05, 0.1) is 22.7 Å². The predicted octanol–water partition coefficient (Wildman–Crippen LogP) is 5.50. The molecule has 6 nitrogen and oxygen atoms in total. The second kappa shape index (κ2) is 9.67. The number of anilines is 1. The molecule has 2 aliphatic rings. The van der Waals surface area contributed by atoms with Gasteiger partial charge in [0.1, 0.15) is 23.6 Å². The minimum Gasteiger partial charge on any atom is -0.491 e. The second-order valence-electron chi connectivity index (χ2n) is 8.67. The van der Waals surface area contributed by atoms with E-state index in [2.05, 4.69) is 26.6 Å². The normalized spacial score (nSPS) is 22.8. The average Bonchev–Trinajstić information content (AvgIpc) is 3.12. The summed E-state index contributed by atoms with van der Waals surface area (Å²) in [5.41, 5.74) is 0.245. The first kappa shape index (κ1) is 25.0. The number of carbonyl (C=O) groups is 2. The third kappa shape index (κ3) is 3.96. The zero-order valence-corrected chi connectivity index (χ0v) is 21.8. The van der Waals surface area contributed by atoms with Crippen molar-refractivity contribution in [3.05, 3.63) is 91.6 Å². The number of piperidine rings is 1. The van der Waals surface area contributed by atoms with E-state index < -0.39 is 29.1 Å². The van der Waals surface area contributed by atoms with Crippen molar-refractivity contribution >= 4 is 56.6 Å². The van der Waals surface area contributed by atoms with Crippen LogP contribution in [-0.2, 0) is 15.0 Å². The van der Waals surface area contributed by atoms with Gasteiger partial charge in [0.25, 0.3) is 0 Å². The first-order chi connectivity index (χ1) is 17.3. The molecular formula is C26H20BrCl2FN2O4. The van der Waals surface area contributed by atoms with E-state index in [0.717, 1.165) is 0 Å². The maximum atomic E-state index is 15.9. The molecule has 0 unspecified atom stereocenters. The number of halogens is 4. The molecule has 186 valence electrons. The molecule has 3 aromatic carbocycles. The molecular weight excluding hydrogens is 574 g/mol. The maximum absolute atomic E-state index is 15.9. The standard InChI is InChI=1S/C26H20BrCl2FN2O4/c27-18-6-7-20(36-9-8-33)22(23(18)30)24-26(16-5-4-15(29)11-19(16)31-25(26)35)17(12-21(34)32-24)13-2-1-3-14(28)10-13/h1-7,10-11,17,24,33H,8-9,12H2,(H,31,35)(H,32,34)/t17-,24-,26-/m0/s1. The molecule has 1 saturated heterocycles. The Morgan fingerprint density at radius 1 is 1.11 bits per heavy atom. The van der Waals surface area contributed by atoms with Crippen LogP contribution in [0.3, 0.4) is 0 Å². The van der Waals surface area contributed by atoms with Crippen molar-refractivity contribution in [2.75, 3.05) is 18.5 Å². The molecule has 3 atom stereocenters. The number of aliphatic hydroxyl groups is 1. The number of nitrogens with one attached hydrogen (secondary N) is 2. The van der Waals surface area contributed by atoms with Gasteiger partial charge in [-0.2, -0.15) is 0 Å². The van der Waals surface area contributed by atoms with Crippen LogP contribution in [0.15, 0.2) is 59.1 Å². The maximum Gasteiger partial charge on any atom is 0.238 e. The van der Waals surface area contributed by atoms with Gasteiger partial charge >= 0.3 is 0 Å². The van der Waals surface area contributed by atoms with Crippen molar-refractivity contribution in [3.63, 3.8) is 0 Å². The van der Waals surface area contributed by atoms with E-state index in [-0.39, 0.29) is 41.3 Å². The lowest BCUT2D eigenvalue weighted by Gasteiger charge is -2.46. The number of amides is 2. The van der Waals surface area contributed by atoms with E-state index in [1.54, 1.807) is 42.5 Å². The summed E-state index contributed by atoms with van der Waals surface area (Å²) in [6.45, 7) is -0.399. The molecule has 0 aromatic heterocycles. The van der Waals surface area contributed by atoms with Crippen molar-refractivity contribution < 1.29 is 23.8 Å². The molecule has 5 rings (SSSR count). The number of aliphatic hydroxyl groups excluding tert-OH is 1. The molecule has 0 radical (unpaired) electrons. The molecule has 1 fully saturated rings. The summed E-state index contributed by atoms with van der Waals surface area (Å²) in [7, 11) is 0. The molecule has 10 heteroatoms. The summed E-state index contributed by atoms with van der Waals surface area (Å²) in [5, 5.41) is 16.0.